The molecule has 4 nitrogen and oxygen atoms in total. The van der Waals surface area contributed by atoms with E-state index in [9.17, 15) is 5.11 Å². The number of phenolic OH excluding ortho intramolecular Hbond substituents is 1. The average molecular weight is 357 g/mol. The van der Waals surface area contributed by atoms with Gasteiger partial charge in [-0.15, -0.1) is 0 Å². The van der Waals surface area contributed by atoms with E-state index in [1.807, 2.05) is 12.1 Å². The fourth-order valence-corrected chi connectivity index (χ4v) is 3.35. The number of aromatic hydroxyl groups is 1. The van der Waals surface area contributed by atoms with Crippen LogP contribution in [0.4, 0.5) is 0 Å². The molecule has 21 heavy (non-hydrogen) atoms. The summed E-state index contributed by atoms with van der Waals surface area (Å²) < 4.78 is 6.00. The van der Waals surface area contributed by atoms with Crippen molar-refractivity contribution in [1.29, 1.82) is 0 Å². The van der Waals surface area contributed by atoms with Crippen LogP contribution in [-0.2, 0) is 0 Å². The van der Waals surface area contributed by atoms with Crippen molar-refractivity contribution in [3.63, 3.8) is 0 Å². The van der Waals surface area contributed by atoms with Crippen molar-refractivity contribution in [3.8, 4) is 11.5 Å². The molecule has 0 unspecified atom stereocenters. The van der Waals surface area contributed by atoms with Gasteiger partial charge in [0.2, 0.25) is 0 Å². The Morgan fingerprint density at radius 2 is 2.10 bits per heavy atom. The number of hydrogen-bond donors (Lipinski definition) is 2. The van der Waals surface area contributed by atoms with Crippen molar-refractivity contribution >= 4 is 15.9 Å². The van der Waals surface area contributed by atoms with Crippen LogP contribution in [0.3, 0.4) is 0 Å². The maximum absolute atomic E-state index is 9.99. The Kier molecular flexibility index (Phi) is 6.33. The molecule has 1 aliphatic rings. The Balaban J connectivity index is 2.28. The van der Waals surface area contributed by atoms with Gasteiger partial charge in [-0.3, -0.25) is 4.90 Å². The largest absolute Gasteiger partial charge is 0.503 e. The maximum atomic E-state index is 9.99. The van der Waals surface area contributed by atoms with Gasteiger partial charge >= 0.3 is 0 Å². The minimum absolute atomic E-state index is 0.177. The van der Waals surface area contributed by atoms with Gasteiger partial charge in [0.1, 0.15) is 0 Å². The number of nitrogens with zero attached hydrogens (tertiary/aromatic N) is 1. The van der Waals surface area contributed by atoms with Gasteiger partial charge in [-0.05, 0) is 40.0 Å². The highest BCUT2D eigenvalue weighted by molar-refractivity contribution is 9.10. The van der Waals surface area contributed by atoms with Gasteiger partial charge in [-0.25, -0.2) is 0 Å². The summed E-state index contributed by atoms with van der Waals surface area (Å²) in [6, 6.07) is 4.39. The topological polar surface area (TPSA) is 44.7 Å². The van der Waals surface area contributed by atoms with Crippen LogP contribution in [0, 0.1) is 0 Å². The van der Waals surface area contributed by atoms with Gasteiger partial charge in [-0.1, -0.05) is 19.8 Å². The summed E-state index contributed by atoms with van der Waals surface area (Å²) in [5.74, 6) is 0.715. The summed E-state index contributed by atoms with van der Waals surface area (Å²) in [6.07, 6.45) is 3.53. The second-order valence-electron chi connectivity index (χ2n) is 5.50. The van der Waals surface area contributed by atoms with E-state index in [2.05, 4.69) is 33.1 Å². The zero-order chi connectivity index (χ0) is 15.2. The van der Waals surface area contributed by atoms with Crippen LogP contribution in [0.1, 0.15) is 37.8 Å². The molecule has 1 aromatic carbocycles. The van der Waals surface area contributed by atoms with Crippen LogP contribution < -0.4 is 10.1 Å². The van der Waals surface area contributed by atoms with E-state index in [1.165, 1.54) is 18.4 Å². The van der Waals surface area contributed by atoms with Crippen molar-refractivity contribution in [3.05, 3.63) is 22.2 Å². The maximum Gasteiger partial charge on any atom is 0.172 e. The first-order valence-corrected chi connectivity index (χ1v) is 8.47. The first-order chi connectivity index (χ1) is 10.2. The third kappa shape index (κ3) is 4.11. The summed E-state index contributed by atoms with van der Waals surface area (Å²) in [5.41, 5.74) is 1.21. The number of benzene rings is 1. The molecule has 0 bridgehead atoms. The molecule has 5 heteroatoms. The highest BCUT2D eigenvalue weighted by Gasteiger charge is 2.23. The first-order valence-electron chi connectivity index (χ1n) is 7.68. The number of hydrogen-bond acceptors (Lipinski definition) is 4. The molecule has 0 aliphatic carbocycles. The molecule has 1 saturated heterocycles. The zero-order valence-corrected chi connectivity index (χ0v) is 14.4. The van der Waals surface area contributed by atoms with Crippen LogP contribution >= 0.6 is 15.9 Å². The van der Waals surface area contributed by atoms with Crippen molar-refractivity contribution in [2.75, 3.05) is 33.3 Å². The Labute approximate surface area is 135 Å². The van der Waals surface area contributed by atoms with Crippen LogP contribution in [0.2, 0.25) is 0 Å². The molecule has 1 atom stereocenters. The summed E-state index contributed by atoms with van der Waals surface area (Å²) in [4.78, 5) is 2.53. The predicted octanol–water partition coefficient (Wildman–Crippen LogP) is 3.30. The Morgan fingerprint density at radius 1 is 1.38 bits per heavy atom. The Hall–Kier alpha value is -0.780. The smallest absolute Gasteiger partial charge is 0.172 e. The number of rotatable bonds is 6. The predicted molar refractivity (Wildman–Crippen MR) is 89.1 cm³/mol. The fourth-order valence-electron chi connectivity index (χ4n) is 2.89. The standard InChI is InChI=1S/C16H25BrN2O2/c1-3-4-5-14(19-8-6-18-7-9-19)12-10-13(17)16(20)15(11-12)21-2/h10-11,14,18,20H,3-9H2,1-2H3/t14-/m0/s1. The van der Waals surface area contributed by atoms with Crippen LogP contribution in [0.15, 0.2) is 16.6 Å². The SMILES string of the molecule is CCCC[C@@H](c1cc(Br)c(O)c(OC)c1)N1CCNCC1. The van der Waals surface area contributed by atoms with Crippen LogP contribution in [0.5, 0.6) is 11.5 Å². The number of ether oxygens (including phenoxy) is 1. The van der Waals surface area contributed by atoms with E-state index in [0.717, 1.165) is 32.6 Å². The molecular formula is C16H25BrN2O2. The summed E-state index contributed by atoms with van der Waals surface area (Å²) >= 11 is 3.44. The minimum Gasteiger partial charge on any atom is -0.503 e. The van der Waals surface area contributed by atoms with E-state index < -0.39 is 0 Å². The second kappa shape index (κ2) is 8.01. The summed E-state index contributed by atoms with van der Waals surface area (Å²) in [6.45, 7) is 6.44. The number of methoxy groups -OCH3 is 1. The molecule has 0 radical (unpaired) electrons. The second-order valence-corrected chi connectivity index (χ2v) is 6.35. The highest BCUT2D eigenvalue weighted by Crippen LogP contribution is 2.39. The van der Waals surface area contributed by atoms with Gasteiger partial charge in [0.05, 0.1) is 11.6 Å². The lowest BCUT2D eigenvalue weighted by molar-refractivity contribution is 0.163. The molecule has 2 rings (SSSR count). The summed E-state index contributed by atoms with van der Waals surface area (Å²) in [7, 11) is 1.59. The molecule has 1 aromatic rings. The van der Waals surface area contributed by atoms with Gasteiger partial charge in [0.15, 0.2) is 11.5 Å². The van der Waals surface area contributed by atoms with Gasteiger partial charge < -0.3 is 15.2 Å². The first kappa shape index (κ1) is 16.6. The fraction of sp³-hybridized carbons (Fsp3) is 0.625. The highest BCUT2D eigenvalue weighted by atomic mass is 79.9. The van der Waals surface area contributed by atoms with Gasteiger partial charge in [0, 0.05) is 32.2 Å². The quantitative estimate of drug-likeness (QED) is 0.820. The molecule has 1 heterocycles. The number of nitrogens with one attached hydrogen (secondary N) is 1. The minimum atomic E-state index is 0.177. The van der Waals surface area contributed by atoms with Crippen molar-refractivity contribution in [1.82, 2.24) is 10.2 Å². The lowest BCUT2D eigenvalue weighted by Gasteiger charge is -2.35. The molecule has 118 valence electrons. The Bertz CT molecular complexity index is 462. The number of piperazine rings is 1. The van der Waals surface area contributed by atoms with E-state index in [1.54, 1.807) is 7.11 Å². The van der Waals surface area contributed by atoms with Crippen molar-refractivity contribution in [2.45, 2.75) is 32.2 Å². The average Bonchev–Trinajstić information content (AvgIpc) is 2.52. The molecule has 1 fully saturated rings. The van der Waals surface area contributed by atoms with E-state index in [-0.39, 0.29) is 5.75 Å². The molecule has 1 aliphatic heterocycles. The third-order valence-electron chi connectivity index (χ3n) is 4.08. The van der Waals surface area contributed by atoms with Crippen LogP contribution in [0.25, 0.3) is 0 Å². The normalized spacial score (nSPS) is 17.7. The lowest BCUT2D eigenvalue weighted by Crippen LogP contribution is -2.45. The number of unbranched alkanes of at least 4 members (excludes halogenated alkanes) is 1. The molecule has 0 amide bonds. The molecule has 0 spiro atoms. The monoisotopic (exact) mass is 356 g/mol. The van der Waals surface area contributed by atoms with E-state index in [0.29, 0.717) is 16.3 Å². The lowest BCUT2D eigenvalue weighted by atomic mass is 9.98. The molecule has 0 saturated carbocycles. The van der Waals surface area contributed by atoms with Crippen molar-refractivity contribution in [2.24, 2.45) is 0 Å². The Morgan fingerprint density at radius 3 is 2.71 bits per heavy atom. The molecule has 0 aromatic heterocycles. The van der Waals surface area contributed by atoms with Crippen molar-refractivity contribution < 1.29 is 9.84 Å². The van der Waals surface area contributed by atoms with Gasteiger partial charge in [-0.2, -0.15) is 0 Å². The molecular weight excluding hydrogens is 332 g/mol. The molecule has 2 N–H and O–H groups in total. The van der Waals surface area contributed by atoms with E-state index in [4.69, 9.17) is 4.74 Å². The van der Waals surface area contributed by atoms with E-state index >= 15 is 0 Å². The van der Waals surface area contributed by atoms with Crippen LogP contribution in [-0.4, -0.2) is 43.3 Å². The summed E-state index contributed by atoms with van der Waals surface area (Å²) in [5, 5.41) is 13.4. The number of halogens is 1. The third-order valence-corrected chi connectivity index (χ3v) is 4.68. The zero-order valence-electron chi connectivity index (χ0n) is 12.9. The number of phenols is 1. The van der Waals surface area contributed by atoms with Gasteiger partial charge in [0.25, 0.3) is 0 Å².